The number of morpholine rings is 1. The molecular weight excluding hydrogens is 422 g/mol. The largest absolute Gasteiger partial charge is 0.462 e. The van der Waals surface area contributed by atoms with Crippen LogP contribution in [-0.2, 0) is 19.0 Å². The predicted octanol–water partition coefficient (Wildman–Crippen LogP) is 2.05. The third kappa shape index (κ3) is 7.88. The Morgan fingerprint density at radius 2 is 1.74 bits per heavy atom. The molecule has 9 nitrogen and oxygen atoms in total. The van der Waals surface area contributed by atoms with Crippen molar-refractivity contribution in [3.8, 4) is 0 Å². The molecule has 2 N–H and O–H groups in total. The Kier molecular flexibility index (Phi) is 10.9. The molecule has 1 aliphatic rings. The van der Waals surface area contributed by atoms with Gasteiger partial charge < -0.3 is 24.8 Å². The fraction of sp³-hybridized carbons (Fsp3) is 0.667. The van der Waals surface area contributed by atoms with Gasteiger partial charge in [0.25, 0.3) is 0 Å². The van der Waals surface area contributed by atoms with E-state index in [4.69, 9.17) is 14.2 Å². The lowest BCUT2D eigenvalue weighted by Gasteiger charge is -2.26. The molecule has 0 saturated carbocycles. The summed E-state index contributed by atoms with van der Waals surface area (Å²) in [5, 5.41) is 6.35. The lowest BCUT2D eigenvalue weighted by Crippen LogP contribution is -2.37. The van der Waals surface area contributed by atoms with E-state index in [1.165, 1.54) is 0 Å². The zero-order valence-corrected chi connectivity index (χ0v) is 19.4. The van der Waals surface area contributed by atoms with Gasteiger partial charge in [0, 0.05) is 26.1 Å². The molecule has 1 amide bonds. The van der Waals surface area contributed by atoms with Crippen molar-refractivity contribution in [2.24, 2.45) is 0 Å². The molecule has 2 rings (SSSR count). The summed E-state index contributed by atoms with van der Waals surface area (Å²) >= 11 is 1.04. The first-order chi connectivity index (χ1) is 15.0. The van der Waals surface area contributed by atoms with Crippen LogP contribution in [0.25, 0.3) is 0 Å². The van der Waals surface area contributed by atoms with Crippen LogP contribution in [0, 0.1) is 6.92 Å². The second-order valence-corrected chi connectivity index (χ2v) is 8.08. The molecule has 174 valence electrons. The van der Waals surface area contributed by atoms with E-state index in [1.54, 1.807) is 20.8 Å². The smallest absolute Gasteiger partial charge is 0.348 e. The van der Waals surface area contributed by atoms with E-state index in [9.17, 15) is 14.4 Å². The van der Waals surface area contributed by atoms with E-state index in [2.05, 4.69) is 15.5 Å². The monoisotopic (exact) mass is 455 g/mol. The van der Waals surface area contributed by atoms with Crippen molar-refractivity contribution in [2.45, 2.75) is 33.6 Å². The van der Waals surface area contributed by atoms with Crippen LogP contribution in [0.1, 0.15) is 52.3 Å². The standard InChI is InChI=1S/C21H33N3O6S/c1-4-29-20(26)17-15(3)18(21(27)30-5-2)31-19(17)23-16(25)7-9-22-8-6-10-24-11-13-28-14-12-24/h22H,4-14H2,1-3H3,(H,23,25). The predicted molar refractivity (Wildman–Crippen MR) is 119 cm³/mol. The molecule has 1 aromatic rings. The van der Waals surface area contributed by atoms with Crippen LogP contribution in [-0.4, -0.2) is 81.9 Å². The maximum Gasteiger partial charge on any atom is 0.348 e. The van der Waals surface area contributed by atoms with Crippen LogP contribution in [0.5, 0.6) is 0 Å². The maximum atomic E-state index is 12.4. The number of hydrogen-bond donors (Lipinski definition) is 2. The van der Waals surface area contributed by atoms with Crippen LogP contribution in [0.4, 0.5) is 5.00 Å². The first kappa shape index (κ1) is 25.3. The minimum absolute atomic E-state index is 0.199. The highest BCUT2D eigenvalue weighted by molar-refractivity contribution is 7.18. The van der Waals surface area contributed by atoms with E-state index < -0.39 is 11.9 Å². The van der Waals surface area contributed by atoms with E-state index >= 15 is 0 Å². The highest BCUT2D eigenvalue weighted by atomic mass is 32.1. The molecule has 1 saturated heterocycles. The Morgan fingerprint density at radius 1 is 1.06 bits per heavy atom. The summed E-state index contributed by atoms with van der Waals surface area (Å²) in [6, 6.07) is 0. The minimum atomic E-state index is -0.566. The first-order valence-corrected chi connectivity index (χ1v) is 11.6. The molecule has 1 aliphatic heterocycles. The van der Waals surface area contributed by atoms with Gasteiger partial charge in [-0.05, 0) is 45.8 Å². The van der Waals surface area contributed by atoms with Crippen molar-refractivity contribution in [1.82, 2.24) is 10.2 Å². The summed E-state index contributed by atoms with van der Waals surface area (Å²) in [6.07, 6.45) is 1.26. The average Bonchev–Trinajstić information content (AvgIpc) is 3.07. The van der Waals surface area contributed by atoms with Gasteiger partial charge in [-0.25, -0.2) is 9.59 Å². The van der Waals surface area contributed by atoms with E-state index in [0.29, 0.717) is 22.0 Å². The minimum Gasteiger partial charge on any atom is -0.462 e. The molecule has 1 fully saturated rings. The molecule has 0 aliphatic carbocycles. The van der Waals surface area contributed by atoms with Crippen LogP contribution >= 0.6 is 11.3 Å². The van der Waals surface area contributed by atoms with Crippen molar-refractivity contribution < 1.29 is 28.6 Å². The summed E-state index contributed by atoms with van der Waals surface area (Å²) in [6.45, 7) is 11.4. The number of ether oxygens (including phenoxy) is 3. The van der Waals surface area contributed by atoms with Gasteiger partial charge in [-0.3, -0.25) is 9.69 Å². The van der Waals surface area contributed by atoms with Crippen molar-refractivity contribution in [2.75, 3.05) is 64.5 Å². The highest BCUT2D eigenvalue weighted by Crippen LogP contribution is 2.34. The van der Waals surface area contributed by atoms with Gasteiger partial charge in [-0.1, -0.05) is 0 Å². The second-order valence-electron chi connectivity index (χ2n) is 7.06. The Morgan fingerprint density at radius 3 is 2.42 bits per heavy atom. The molecule has 0 spiro atoms. The number of carbonyl (C=O) groups excluding carboxylic acids is 3. The highest BCUT2D eigenvalue weighted by Gasteiger charge is 2.27. The summed E-state index contributed by atoms with van der Waals surface area (Å²) in [5.74, 6) is -1.32. The Balaban J connectivity index is 1.85. The van der Waals surface area contributed by atoms with Gasteiger partial charge >= 0.3 is 11.9 Å². The van der Waals surface area contributed by atoms with Crippen LogP contribution in [0.2, 0.25) is 0 Å². The van der Waals surface area contributed by atoms with Gasteiger partial charge in [0.05, 0.1) is 32.0 Å². The van der Waals surface area contributed by atoms with Crippen molar-refractivity contribution in [3.63, 3.8) is 0 Å². The van der Waals surface area contributed by atoms with Gasteiger partial charge in [0.2, 0.25) is 5.91 Å². The summed E-state index contributed by atoms with van der Waals surface area (Å²) < 4.78 is 15.5. The molecule has 0 bridgehead atoms. The maximum absolute atomic E-state index is 12.4. The number of nitrogens with zero attached hydrogens (tertiary/aromatic N) is 1. The van der Waals surface area contributed by atoms with Gasteiger partial charge in [0.1, 0.15) is 9.88 Å². The van der Waals surface area contributed by atoms with Crippen LogP contribution in [0.3, 0.4) is 0 Å². The van der Waals surface area contributed by atoms with Crippen molar-refractivity contribution in [1.29, 1.82) is 0 Å². The van der Waals surface area contributed by atoms with E-state index in [1.807, 2.05) is 0 Å². The Hall–Kier alpha value is -2.01. The zero-order chi connectivity index (χ0) is 22.6. The molecule has 0 atom stereocenters. The number of esters is 2. The van der Waals surface area contributed by atoms with Gasteiger partial charge in [-0.15, -0.1) is 11.3 Å². The normalized spacial score (nSPS) is 14.3. The number of amides is 1. The fourth-order valence-electron chi connectivity index (χ4n) is 3.21. The third-order valence-electron chi connectivity index (χ3n) is 4.80. The lowest BCUT2D eigenvalue weighted by molar-refractivity contribution is -0.116. The van der Waals surface area contributed by atoms with Crippen molar-refractivity contribution >= 4 is 34.2 Å². The molecule has 1 aromatic heterocycles. The number of carbonyl (C=O) groups is 3. The molecule has 2 heterocycles. The van der Waals surface area contributed by atoms with E-state index in [0.717, 1.165) is 57.2 Å². The molecule has 0 unspecified atom stereocenters. The number of anilines is 1. The van der Waals surface area contributed by atoms with E-state index in [-0.39, 0.29) is 31.1 Å². The topological polar surface area (TPSA) is 106 Å². The Labute approximate surface area is 187 Å². The lowest BCUT2D eigenvalue weighted by atomic mass is 10.1. The first-order valence-electron chi connectivity index (χ1n) is 10.8. The molecule has 0 aromatic carbocycles. The molecule has 31 heavy (non-hydrogen) atoms. The quantitative estimate of drug-likeness (QED) is 0.364. The molecular formula is C21H33N3O6S. The Bertz CT molecular complexity index is 746. The van der Waals surface area contributed by atoms with Gasteiger partial charge in [0.15, 0.2) is 0 Å². The van der Waals surface area contributed by atoms with Crippen LogP contribution < -0.4 is 10.6 Å². The second kappa shape index (κ2) is 13.4. The van der Waals surface area contributed by atoms with Crippen LogP contribution in [0.15, 0.2) is 0 Å². The third-order valence-corrected chi connectivity index (χ3v) is 5.99. The summed E-state index contributed by atoms with van der Waals surface area (Å²) in [4.78, 5) is 39.6. The number of hydrogen-bond acceptors (Lipinski definition) is 9. The summed E-state index contributed by atoms with van der Waals surface area (Å²) in [7, 11) is 0. The molecule has 0 radical (unpaired) electrons. The average molecular weight is 456 g/mol. The fourth-order valence-corrected chi connectivity index (χ4v) is 4.32. The summed E-state index contributed by atoms with van der Waals surface area (Å²) in [5.41, 5.74) is 0.667. The zero-order valence-electron chi connectivity index (χ0n) is 18.6. The number of rotatable bonds is 12. The SMILES string of the molecule is CCOC(=O)c1sc(NC(=O)CCNCCCN2CCOCC2)c(C(=O)OCC)c1C. The number of nitrogens with one attached hydrogen (secondary N) is 2. The van der Waals surface area contributed by atoms with Crippen molar-refractivity contribution in [3.05, 3.63) is 16.0 Å². The molecule has 10 heteroatoms. The number of thiophene rings is 1. The van der Waals surface area contributed by atoms with Gasteiger partial charge in [-0.2, -0.15) is 0 Å².